The highest BCUT2D eigenvalue weighted by atomic mass is 35.5. The van der Waals surface area contributed by atoms with E-state index in [4.69, 9.17) is 22.1 Å². The van der Waals surface area contributed by atoms with Crippen molar-refractivity contribution in [2.24, 2.45) is 0 Å². The minimum atomic E-state index is 0.206. The maximum atomic E-state index is 5.99. The molecule has 1 aliphatic heterocycles. The summed E-state index contributed by atoms with van der Waals surface area (Å²) in [4.78, 5) is 10.5. The van der Waals surface area contributed by atoms with Crippen LogP contribution in [0, 0.1) is 0 Å². The summed E-state index contributed by atoms with van der Waals surface area (Å²) in [7, 11) is 1.67. The first-order valence-corrected chi connectivity index (χ1v) is 7.26. The van der Waals surface area contributed by atoms with Gasteiger partial charge in [0.25, 0.3) is 0 Å². The van der Waals surface area contributed by atoms with Crippen LogP contribution in [0.4, 0.5) is 11.8 Å². The van der Waals surface area contributed by atoms with Crippen LogP contribution in [0.5, 0.6) is 5.75 Å². The van der Waals surface area contributed by atoms with E-state index in [1.807, 2.05) is 12.1 Å². The van der Waals surface area contributed by atoms with Crippen LogP contribution in [-0.2, 0) is 0 Å². The lowest BCUT2D eigenvalue weighted by atomic mass is 10.0. The standard InChI is InChI=1S/C15H17ClN4O/c1-21-11-6-4-10(5-7-11)12-3-2-8-20(12)14-9-13(16)18-15(17)19-14/h4-7,9,12H,2-3,8H2,1H3,(H2,17,18,19)/t12-/m1/s1. The minimum absolute atomic E-state index is 0.206. The maximum absolute atomic E-state index is 5.99. The Balaban J connectivity index is 1.90. The zero-order valence-electron chi connectivity index (χ0n) is 11.8. The van der Waals surface area contributed by atoms with Gasteiger partial charge in [-0.05, 0) is 30.5 Å². The van der Waals surface area contributed by atoms with Gasteiger partial charge in [0, 0.05) is 12.6 Å². The van der Waals surface area contributed by atoms with Crippen molar-refractivity contribution in [3.8, 4) is 5.75 Å². The normalized spacial score (nSPS) is 18.0. The van der Waals surface area contributed by atoms with Gasteiger partial charge in [0.15, 0.2) is 0 Å². The number of benzene rings is 1. The van der Waals surface area contributed by atoms with Gasteiger partial charge in [-0.3, -0.25) is 0 Å². The molecule has 2 aromatic rings. The van der Waals surface area contributed by atoms with Crippen LogP contribution >= 0.6 is 11.6 Å². The van der Waals surface area contributed by atoms with E-state index in [-0.39, 0.29) is 12.0 Å². The van der Waals surface area contributed by atoms with Crippen LogP contribution in [-0.4, -0.2) is 23.6 Å². The fourth-order valence-electron chi connectivity index (χ4n) is 2.78. The van der Waals surface area contributed by atoms with Gasteiger partial charge in [0.05, 0.1) is 13.2 Å². The average Bonchev–Trinajstić information content (AvgIpc) is 2.96. The Morgan fingerprint density at radius 3 is 2.71 bits per heavy atom. The van der Waals surface area contributed by atoms with Crippen molar-refractivity contribution in [3.05, 3.63) is 41.0 Å². The fraction of sp³-hybridized carbons (Fsp3) is 0.333. The number of anilines is 2. The Morgan fingerprint density at radius 1 is 1.29 bits per heavy atom. The maximum Gasteiger partial charge on any atom is 0.223 e. The number of hydrogen-bond donors (Lipinski definition) is 1. The molecule has 0 radical (unpaired) electrons. The highest BCUT2D eigenvalue weighted by Gasteiger charge is 2.27. The van der Waals surface area contributed by atoms with Crippen molar-refractivity contribution < 1.29 is 4.74 Å². The molecule has 6 heteroatoms. The first kappa shape index (κ1) is 13.9. The largest absolute Gasteiger partial charge is 0.497 e. The first-order valence-electron chi connectivity index (χ1n) is 6.88. The molecule has 0 bridgehead atoms. The molecule has 5 nitrogen and oxygen atoms in total. The van der Waals surface area contributed by atoms with Gasteiger partial charge >= 0.3 is 0 Å². The molecule has 1 saturated heterocycles. The van der Waals surface area contributed by atoms with E-state index in [1.165, 1.54) is 5.56 Å². The Kier molecular flexibility index (Phi) is 3.84. The van der Waals surface area contributed by atoms with Gasteiger partial charge in [0.1, 0.15) is 16.7 Å². The van der Waals surface area contributed by atoms with Crippen LogP contribution in [0.25, 0.3) is 0 Å². The second kappa shape index (κ2) is 5.77. The van der Waals surface area contributed by atoms with Crippen molar-refractivity contribution in [1.82, 2.24) is 9.97 Å². The molecule has 2 N–H and O–H groups in total. The summed E-state index contributed by atoms with van der Waals surface area (Å²) in [6.45, 7) is 0.934. The molecule has 3 rings (SSSR count). The summed E-state index contributed by atoms with van der Waals surface area (Å²) >= 11 is 5.99. The molecule has 1 atom stereocenters. The number of nitrogens with two attached hydrogens (primary N) is 1. The molecular formula is C15H17ClN4O. The smallest absolute Gasteiger partial charge is 0.223 e. The lowest BCUT2D eigenvalue weighted by Gasteiger charge is -2.26. The summed E-state index contributed by atoms with van der Waals surface area (Å²) < 4.78 is 5.21. The molecule has 0 unspecified atom stereocenters. The molecule has 1 aromatic heterocycles. The fourth-order valence-corrected chi connectivity index (χ4v) is 2.97. The molecule has 0 amide bonds. The van der Waals surface area contributed by atoms with Gasteiger partial charge in [-0.1, -0.05) is 23.7 Å². The second-order valence-corrected chi connectivity index (χ2v) is 5.42. The van der Waals surface area contributed by atoms with Crippen LogP contribution in [0.1, 0.15) is 24.4 Å². The Labute approximate surface area is 128 Å². The third-order valence-electron chi connectivity index (χ3n) is 3.75. The lowest BCUT2D eigenvalue weighted by molar-refractivity contribution is 0.414. The molecule has 1 aliphatic rings. The number of rotatable bonds is 3. The predicted molar refractivity (Wildman–Crippen MR) is 83.8 cm³/mol. The van der Waals surface area contributed by atoms with E-state index >= 15 is 0 Å². The zero-order chi connectivity index (χ0) is 14.8. The van der Waals surface area contributed by atoms with E-state index in [1.54, 1.807) is 13.2 Å². The summed E-state index contributed by atoms with van der Waals surface area (Å²) in [6.07, 6.45) is 2.19. The van der Waals surface area contributed by atoms with E-state index in [0.717, 1.165) is 31.0 Å². The van der Waals surface area contributed by atoms with Crippen LogP contribution in [0.15, 0.2) is 30.3 Å². The topological polar surface area (TPSA) is 64.3 Å². The van der Waals surface area contributed by atoms with Crippen LogP contribution < -0.4 is 15.4 Å². The second-order valence-electron chi connectivity index (χ2n) is 5.03. The number of nitrogens with zero attached hydrogens (tertiary/aromatic N) is 3. The molecule has 1 fully saturated rings. The van der Waals surface area contributed by atoms with Crippen molar-refractivity contribution in [2.75, 3.05) is 24.3 Å². The number of ether oxygens (including phenoxy) is 1. The average molecular weight is 305 g/mol. The number of nitrogen functional groups attached to an aromatic ring is 1. The van der Waals surface area contributed by atoms with Gasteiger partial charge in [-0.2, -0.15) is 4.98 Å². The molecule has 110 valence electrons. The third kappa shape index (κ3) is 2.88. The van der Waals surface area contributed by atoms with Gasteiger partial charge < -0.3 is 15.4 Å². The number of aromatic nitrogens is 2. The van der Waals surface area contributed by atoms with Crippen molar-refractivity contribution in [2.45, 2.75) is 18.9 Å². The summed E-state index contributed by atoms with van der Waals surface area (Å²) in [5.74, 6) is 1.85. The molecule has 0 spiro atoms. The zero-order valence-corrected chi connectivity index (χ0v) is 12.5. The van der Waals surface area contributed by atoms with E-state index in [9.17, 15) is 0 Å². The SMILES string of the molecule is COc1ccc([C@H]2CCCN2c2cc(Cl)nc(N)n2)cc1. The van der Waals surface area contributed by atoms with Crippen LogP contribution in [0.3, 0.4) is 0 Å². The number of halogens is 1. The highest BCUT2D eigenvalue weighted by Crippen LogP contribution is 2.36. The monoisotopic (exact) mass is 304 g/mol. The van der Waals surface area contributed by atoms with Gasteiger partial charge in [-0.25, -0.2) is 4.98 Å². The molecule has 21 heavy (non-hydrogen) atoms. The van der Waals surface area contributed by atoms with E-state index in [0.29, 0.717) is 5.15 Å². The Bertz CT molecular complexity index is 612. The van der Waals surface area contributed by atoms with Gasteiger partial charge in [-0.15, -0.1) is 0 Å². The predicted octanol–water partition coefficient (Wildman–Crippen LogP) is 3.06. The van der Waals surface area contributed by atoms with Crippen LogP contribution in [0.2, 0.25) is 5.15 Å². The number of methoxy groups -OCH3 is 1. The summed E-state index contributed by atoms with van der Waals surface area (Å²) in [6, 6.07) is 10.2. The minimum Gasteiger partial charge on any atom is -0.497 e. The summed E-state index contributed by atoms with van der Waals surface area (Å²) in [5, 5.41) is 0.373. The molecule has 1 aromatic carbocycles. The van der Waals surface area contributed by atoms with E-state index in [2.05, 4.69) is 27.0 Å². The first-order chi connectivity index (χ1) is 10.2. The molecule has 0 aliphatic carbocycles. The quantitative estimate of drug-likeness (QED) is 0.883. The Morgan fingerprint density at radius 2 is 2.05 bits per heavy atom. The lowest BCUT2D eigenvalue weighted by Crippen LogP contribution is -2.24. The molecular weight excluding hydrogens is 288 g/mol. The highest BCUT2D eigenvalue weighted by molar-refractivity contribution is 6.29. The summed E-state index contributed by atoms with van der Waals surface area (Å²) in [5.41, 5.74) is 6.94. The van der Waals surface area contributed by atoms with Gasteiger partial charge in [0.2, 0.25) is 5.95 Å². The number of hydrogen-bond acceptors (Lipinski definition) is 5. The van der Waals surface area contributed by atoms with Crippen molar-refractivity contribution in [1.29, 1.82) is 0 Å². The van der Waals surface area contributed by atoms with E-state index < -0.39 is 0 Å². The third-order valence-corrected chi connectivity index (χ3v) is 3.94. The van der Waals surface area contributed by atoms with Crippen molar-refractivity contribution >= 4 is 23.4 Å². The van der Waals surface area contributed by atoms with Crippen molar-refractivity contribution in [3.63, 3.8) is 0 Å². The Hall–Kier alpha value is -2.01. The molecule has 2 heterocycles. The molecule has 0 saturated carbocycles.